The SMILES string of the molecule is Cc1nc2c(F)cc(-c3c[nH]c4nc(N[C@H](C)C5CC5)ncc34)cc2n1C1CCN(C)CC1. The Hall–Kier alpha value is -3.00. The molecule has 6 rings (SSSR count). The first-order chi connectivity index (χ1) is 16.0. The maximum Gasteiger partial charge on any atom is 0.224 e. The van der Waals surface area contributed by atoms with Gasteiger partial charge in [0.15, 0.2) is 5.82 Å². The monoisotopic (exact) mass is 447 g/mol. The van der Waals surface area contributed by atoms with Crippen molar-refractivity contribution in [2.24, 2.45) is 5.92 Å². The molecule has 0 unspecified atom stereocenters. The van der Waals surface area contributed by atoms with E-state index in [0.29, 0.717) is 23.5 Å². The largest absolute Gasteiger partial charge is 0.351 e. The van der Waals surface area contributed by atoms with Crippen molar-refractivity contribution in [3.05, 3.63) is 36.2 Å². The van der Waals surface area contributed by atoms with Crippen LogP contribution in [0.1, 0.15) is 44.5 Å². The smallest absolute Gasteiger partial charge is 0.224 e. The highest BCUT2D eigenvalue weighted by molar-refractivity contribution is 5.96. The number of aromatic nitrogens is 5. The van der Waals surface area contributed by atoms with E-state index in [0.717, 1.165) is 65.4 Å². The van der Waals surface area contributed by atoms with Crippen LogP contribution < -0.4 is 5.32 Å². The Balaban J connectivity index is 1.39. The number of piperidine rings is 1. The van der Waals surface area contributed by atoms with Gasteiger partial charge in [0.2, 0.25) is 5.95 Å². The van der Waals surface area contributed by atoms with Gasteiger partial charge in [-0.25, -0.2) is 14.4 Å². The highest BCUT2D eigenvalue weighted by Crippen LogP contribution is 2.36. The van der Waals surface area contributed by atoms with E-state index in [1.807, 2.05) is 19.3 Å². The first-order valence-electron chi connectivity index (χ1n) is 12.0. The van der Waals surface area contributed by atoms with Gasteiger partial charge in [-0.1, -0.05) is 0 Å². The second-order valence-electron chi connectivity index (χ2n) is 9.82. The van der Waals surface area contributed by atoms with E-state index >= 15 is 4.39 Å². The van der Waals surface area contributed by atoms with Crippen LogP contribution in [0.4, 0.5) is 10.3 Å². The van der Waals surface area contributed by atoms with E-state index in [1.165, 1.54) is 12.8 Å². The van der Waals surface area contributed by atoms with E-state index in [2.05, 4.69) is 54.8 Å². The topological polar surface area (TPSA) is 74.7 Å². The first-order valence-corrected chi connectivity index (χ1v) is 12.0. The van der Waals surface area contributed by atoms with Crippen LogP contribution in [0.5, 0.6) is 0 Å². The predicted octanol–water partition coefficient (Wildman–Crippen LogP) is 4.90. The summed E-state index contributed by atoms with van der Waals surface area (Å²) in [7, 11) is 2.15. The normalized spacial score (nSPS) is 18.9. The van der Waals surface area contributed by atoms with Gasteiger partial charge in [-0.3, -0.25) is 0 Å². The number of nitrogens with one attached hydrogen (secondary N) is 2. The molecule has 33 heavy (non-hydrogen) atoms. The van der Waals surface area contributed by atoms with E-state index in [1.54, 1.807) is 6.07 Å². The standard InChI is InChI=1S/C25H30FN7/c1-14(16-4-5-16)29-25-28-13-20-19(12-27-24(20)31-25)17-10-21(26)23-22(11-17)33(15(2)30-23)18-6-8-32(3)9-7-18/h10-14,16,18H,4-9H2,1-3H3,(H2,27,28,29,31)/t14-/m1/s1. The summed E-state index contributed by atoms with van der Waals surface area (Å²) in [4.78, 5) is 19.4. The lowest BCUT2D eigenvalue weighted by Gasteiger charge is -2.30. The summed E-state index contributed by atoms with van der Waals surface area (Å²) in [5.74, 6) is 1.94. The zero-order chi connectivity index (χ0) is 22.7. The van der Waals surface area contributed by atoms with E-state index < -0.39 is 0 Å². The fourth-order valence-electron chi connectivity index (χ4n) is 5.27. The number of nitrogens with zero attached hydrogens (tertiary/aromatic N) is 5. The maximum absolute atomic E-state index is 15.2. The molecule has 4 aromatic rings. The molecule has 1 aliphatic heterocycles. The molecule has 2 aliphatic rings. The number of imidazole rings is 1. The number of benzene rings is 1. The number of hydrogen-bond acceptors (Lipinski definition) is 5. The van der Waals surface area contributed by atoms with Gasteiger partial charge in [0.05, 0.1) is 5.52 Å². The highest BCUT2D eigenvalue weighted by atomic mass is 19.1. The summed E-state index contributed by atoms with van der Waals surface area (Å²) >= 11 is 0. The fourth-order valence-corrected chi connectivity index (χ4v) is 5.27. The number of fused-ring (bicyclic) bond motifs is 2. The van der Waals surface area contributed by atoms with Crippen molar-refractivity contribution < 1.29 is 4.39 Å². The minimum atomic E-state index is -0.288. The zero-order valence-corrected chi connectivity index (χ0v) is 19.4. The number of aryl methyl sites for hydroxylation is 1. The Morgan fingerprint density at radius 1 is 1.15 bits per heavy atom. The molecule has 1 saturated heterocycles. The lowest BCUT2D eigenvalue weighted by atomic mass is 10.0. The molecule has 2 fully saturated rings. The quantitative estimate of drug-likeness (QED) is 0.455. The molecule has 172 valence electrons. The molecule has 1 aromatic carbocycles. The van der Waals surface area contributed by atoms with Gasteiger partial charge in [-0.2, -0.15) is 4.98 Å². The van der Waals surface area contributed by atoms with Crippen molar-refractivity contribution in [3.8, 4) is 11.1 Å². The van der Waals surface area contributed by atoms with Crippen molar-refractivity contribution in [3.63, 3.8) is 0 Å². The Morgan fingerprint density at radius 2 is 1.94 bits per heavy atom. The molecule has 0 radical (unpaired) electrons. The van der Waals surface area contributed by atoms with Gasteiger partial charge in [0.25, 0.3) is 0 Å². The molecule has 3 aromatic heterocycles. The molecule has 1 saturated carbocycles. The second-order valence-corrected chi connectivity index (χ2v) is 9.82. The van der Waals surface area contributed by atoms with Gasteiger partial charge in [0, 0.05) is 35.4 Å². The molecular formula is C25H30FN7. The van der Waals surface area contributed by atoms with Crippen molar-refractivity contribution in [2.75, 3.05) is 25.5 Å². The van der Waals surface area contributed by atoms with Crippen LogP contribution in [0.25, 0.3) is 33.2 Å². The maximum atomic E-state index is 15.2. The number of aromatic amines is 1. The number of H-pyrrole nitrogens is 1. The molecule has 8 heteroatoms. The van der Waals surface area contributed by atoms with Crippen LogP contribution >= 0.6 is 0 Å². The summed E-state index contributed by atoms with van der Waals surface area (Å²) < 4.78 is 17.5. The molecule has 7 nitrogen and oxygen atoms in total. The van der Waals surface area contributed by atoms with E-state index in [9.17, 15) is 0 Å². The van der Waals surface area contributed by atoms with Gasteiger partial charge in [-0.05, 0) is 83.3 Å². The molecular weight excluding hydrogens is 417 g/mol. The Kier molecular flexibility index (Phi) is 4.87. The molecule has 4 heterocycles. The van der Waals surface area contributed by atoms with Crippen molar-refractivity contribution in [1.82, 2.24) is 29.4 Å². The van der Waals surface area contributed by atoms with Crippen molar-refractivity contribution >= 4 is 28.0 Å². The third-order valence-electron chi connectivity index (χ3n) is 7.41. The van der Waals surface area contributed by atoms with Crippen LogP contribution in [-0.4, -0.2) is 55.6 Å². The van der Waals surface area contributed by atoms with Crippen LogP contribution in [0.2, 0.25) is 0 Å². The van der Waals surface area contributed by atoms with Gasteiger partial charge < -0.3 is 19.8 Å². The van der Waals surface area contributed by atoms with Crippen LogP contribution in [0.3, 0.4) is 0 Å². The Bertz CT molecular complexity index is 1330. The molecule has 1 atom stereocenters. The highest BCUT2D eigenvalue weighted by Gasteiger charge is 2.28. The van der Waals surface area contributed by atoms with Gasteiger partial charge >= 0.3 is 0 Å². The van der Waals surface area contributed by atoms with Gasteiger partial charge in [-0.15, -0.1) is 0 Å². The molecule has 0 bridgehead atoms. The summed E-state index contributed by atoms with van der Waals surface area (Å²) in [5.41, 5.74) is 3.79. The molecule has 0 spiro atoms. The summed E-state index contributed by atoms with van der Waals surface area (Å²) in [6.45, 7) is 6.25. The summed E-state index contributed by atoms with van der Waals surface area (Å²) in [6, 6.07) is 4.36. The number of likely N-dealkylation sites (tertiary alicyclic amines) is 1. The van der Waals surface area contributed by atoms with Gasteiger partial charge in [0.1, 0.15) is 17.0 Å². The Morgan fingerprint density at radius 3 is 2.70 bits per heavy atom. The third-order valence-corrected chi connectivity index (χ3v) is 7.41. The first kappa shape index (κ1) is 20.6. The second kappa shape index (κ2) is 7.80. The van der Waals surface area contributed by atoms with Crippen molar-refractivity contribution in [1.29, 1.82) is 0 Å². The predicted molar refractivity (Wildman–Crippen MR) is 129 cm³/mol. The van der Waals surface area contributed by atoms with Crippen LogP contribution in [-0.2, 0) is 0 Å². The Labute approximate surface area is 192 Å². The minimum Gasteiger partial charge on any atom is -0.351 e. The van der Waals surface area contributed by atoms with Crippen LogP contribution in [0, 0.1) is 18.7 Å². The summed E-state index contributed by atoms with van der Waals surface area (Å²) in [6.07, 6.45) is 8.36. The minimum absolute atomic E-state index is 0.288. The van der Waals surface area contributed by atoms with Crippen LogP contribution in [0.15, 0.2) is 24.5 Å². The van der Waals surface area contributed by atoms with Crippen molar-refractivity contribution in [2.45, 2.75) is 51.6 Å². The average molecular weight is 448 g/mol. The summed E-state index contributed by atoms with van der Waals surface area (Å²) in [5, 5.41) is 4.30. The number of hydrogen-bond donors (Lipinski definition) is 2. The lowest BCUT2D eigenvalue weighted by Crippen LogP contribution is -2.31. The third kappa shape index (κ3) is 3.66. The zero-order valence-electron chi connectivity index (χ0n) is 19.4. The number of halogens is 1. The molecule has 1 aliphatic carbocycles. The van der Waals surface area contributed by atoms with E-state index in [-0.39, 0.29) is 5.82 Å². The lowest BCUT2D eigenvalue weighted by molar-refractivity contribution is 0.222. The number of anilines is 1. The molecule has 2 N–H and O–H groups in total. The fraction of sp³-hybridized carbons (Fsp3) is 0.480. The molecule has 0 amide bonds. The van der Waals surface area contributed by atoms with E-state index in [4.69, 9.17) is 0 Å². The average Bonchev–Trinajstić information content (AvgIpc) is 3.49. The number of rotatable bonds is 5.